The average molecular weight is 503 g/mol. The standard InChI is InChI=1S/C26H22N4O3S2/c1-16-7-9-18(10-8-16)14-27-22-20(24(31)29-11-3-5-17(2)23(29)28-22)13-21-25(32)30(26(34)35-21)15-19-6-4-12-33-19/h3-13,27H,14-15H2,1-2H3/b21-13-. The maximum Gasteiger partial charge on any atom is 0.267 e. The third-order valence-corrected chi connectivity index (χ3v) is 7.09. The highest BCUT2D eigenvalue weighted by Crippen LogP contribution is 2.34. The number of nitrogens with zero attached hydrogens (tertiary/aromatic N) is 3. The first-order chi connectivity index (χ1) is 16.9. The van der Waals surface area contributed by atoms with E-state index >= 15 is 0 Å². The molecular weight excluding hydrogens is 480 g/mol. The molecule has 0 atom stereocenters. The molecular formula is C26H22N4O3S2. The number of aryl methyl sites for hydroxylation is 2. The number of aromatic nitrogens is 2. The van der Waals surface area contributed by atoms with Crippen molar-refractivity contribution in [3.63, 3.8) is 0 Å². The van der Waals surface area contributed by atoms with Crippen molar-refractivity contribution in [2.45, 2.75) is 26.9 Å². The van der Waals surface area contributed by atoms with E-state index in [0.717, 1.165) is 22.9 Å². The van der Waals surface area contributed by atoms with Gasteiger partial charge in [0.05, 0.1) is 23.3 Å². The second kappa shape index (κ2) is 9.52. The van der Waals surface area contributed by atoms with Gasteiger partial charge in [-0.2, -0.15) is 0 Å². The zero-order valence-electron chi connectivity index (χ0n) is 19.1. The van der Waals surface area contributed by atoms with Gasteiger partial charge in [0.1, 0.15) is 21.5 Å². The number of rotatable bonds is 6. The van der Waals surface area contributed by atoms with Crippen molar-refractivity contribution in [1.82, 2.24) is 14.3 Å². The summed E-state index contributed by atoms with van der Waals surface area (Å²) >= 11 is 6.60. The lowest BCUT2D eigenvalue weighted by molar-refractivity contribution is -0.122. The fourth-order valence-electron chi connectivity index (χ4n) is 3.79. The van der Waals surface area contributed by atoms with Crippen LogP contribution in [0.15, 0.2) is 75.1 Å². The summed E-state index contributed by atoms with van der Waals surface area (Å²) in [4.78, 5) is 33.3. The van der Waals surface area contributed by atoms with Crippen molar-refractivity contribution < 1.29 is 9.21 Å². The van der Waals surface area contributed by atoms with Gasteiger partial charge in [-0.25, -0.2) is 4.98 Å². The molecule has 1 N–H and O–H groups in total. The Morgan fingerprint density at radius 1 is 1.11 bits per heavy atom. The van der Waals surface area contributed by atoms with E-state index < -0.39 is 0 Å². The molecule has 1 aliphatic heterocycles. The number of pyridine rings is 1. The van der Waals surface area contributed by atoms with Crippen LogP contribution in [0, 0.1) is 13.8 Å². The fraction of sp³-hybridized carbons (Fsp3) is 0.154. The molecule has 0 unspecified atom stereocenters. The molecule has 1 amide bonds. The first kappa shape index (κ1) is 23.1. The van der Waals surface area contributed by atoms with Crippen LogP contribution in [0.5, 0.6) is 0 Å². The van der Waals surface area contributed by atoms with Gasteiger partial charge < -0.3 is 9.73 Å². The molecule has 35 heavy (non-hydrogen) atoms. The quantitative estimate of drug-likeness (QED) is 0.296. The molecule has 5 rings (SSSR count). The van der Waals surface area contributed by atoms with Gasteiger partial charge in [-0.15, -0.1) is 0 Å². The molecule has 1 aromatic carbocycles. The van der Waals surface area contributed by atoms with E-state index in [1.165, 1.54) is 14.9 Å². The second-order valence-corrected chi connectivity index (χ2v) is 9.93. The van der Waals surface area contributed by atoms with E-state index in [-0.39, 0.29) is 18.0 Å². The predicted molar refractivity (Wildman–Crippen MR) is 142 cm³/mol. The Hall–Kier alpha value is -3.69. The van der Waals surface area contributed by atoms with Crippen LogP contribution in [0.4, 0.5) is 5.82 Å². The van der Waals surface area contributed by atoms with Crippen LogP contribution in [0.3, 0.4) is 0 Å². The van der Waals surface area contributed by atoms with Gasteiger partial charge in [-0.3, -0.25) is 18.9 Å². The summed E-state index contributed by atoms with van der Waals surface area (Å²) < 4.78 is 7.28. The first-order valence-electron chi connectivity index (χ1n) is 11.0. The van der Waals surface area contributed by atoms with E-state index in [4.69, 9.17) is 21.6 Å². The number of carbonyl (C=O) groups excluding carboxylic acids is 1. The van der Waals surface area contributed by atoms with Gasteiger partial charge in [-0.05, 0) is 49.2 Å². The number of fused-ring (bicyclic) bond motifs is 1. The molecule has 0 bridgehead atoms. The summed E-state index contributed by atoms with van der Waals surface area (Å²) in [5.74, 6) is 0.779. The summed E-state index contributed by atoms with van der Waals surface area (Å²) in [6, 6.07) is 15.4. The number of benzene rings is 1. The summed E-state index contributed by atoms with van der Waals surface area (Å²) in [5.41, 5.74) is 3.70. The average Bonchev–Trinajstić information content (AvgIpc) is 3.45. The van der Waals surface area contributed by atoms with E-state index in [0.29, 0.717) is 38.6 Å². The number of amides is 1. The third-order valence-electron chi connectivity index (χ3n) is 5.71. The van der Waals surface area contributed by atoms with Crippen LogP contribution in [-0.4, -0.2) is 24.5 Å². The molecule has 0 radical (unpaired) electrons. The SMILES string of the molecule is Cc1ccc(CNc2nc3c(C)cccn3c(=O)c2/C=C2\SC(=S)N(Cc3ccco3)C2=O)cc1. The Balaban J connectivity index is 1.54. The van der Waals surface area contributed by atoms with Crippen molar-refractivity contribution in [2.75, 3.05) is 5.32 Å². The lowest BCUT2D eigenvalue weighted by atomic mass is 10.1. The van der Waals surface area contributed by atoms with Crippen LogP contribution < -0.4 is 10.9 Å². The smallest absolute Gasteiger partial charge is 0.267 e. The van der Waals surface area contributed by atoms with E-state index in [2.05, 4.69) is 5.32 Å². The van der Waals surface area contributed by atoms with Crippen molar-refractivity contribution in [2.24, 2.45) is 0 Å². The molecule has 0 aliphatic carbocycles. The Bertz CT molecular complexity index is 1520. The summed E-state index contributed by atoms with van der Waals surface area (Å²) in [7, 11) is 0. The van der Waals surface area contributed by atoms with Crippen LogP contribution in [-0.2, 0) is 17.9 Å². The number of thioether (sulfide) groups is 1. The summed E-state index contributed by atoms with van der Waals surface area (Å²) in [5, 5.41) is 3.31. The highest BCUT2D eigenvalue weighted by atomic mass is 32.2. The predicted octanol–water partition coefficient (Wildman–Crippen LogP) is 4.92. The van der Waals surface area contributed by atoms with Crippen LogP contribution in [0.2, 0.25) is 0 Å². The number of hydrogen-bond acceptors (Lipinski definition) is 7. The molecule has 4 heterocycles. The Morgan fingerprint density at radius 3 is 2.66 bits per heavy atom. The number of carbonyl (C=O) groups is 1. The zero-order valence-corrected chi connectivity index (χ0v) is 20.8. The van der Waals surface area contributed by atoms with Gasteiger partial charge in [0.2, 0.25) is 0 Å². The molecule has 0 spiro atoms. The number of furan rings is 1. The Kier molecular flexibility index (Phi) is 6.27. The molecule has 1 fully saturated rings. The third kappa shape index (κ3) is 4.65. The van der Waals surface area contributed by atoms with E-state index in [1.807, 2.05) is 44.2 Å². The molecule has 0 saturated carbocycles. The van der Waals surface area contributed by atoms with E-state index in [1.54, 1.807) is 36.7 Å². The normalized spacial score (nSPS) is 14.9. The van der Waals surface area contributed by atoms with E-state index in [9.17, 15) is 9.59 Å². The fourth-order valence-corrected chi connectivity index (χ4v) is 5.03. The molecule has 9 heteroatoms. The first-order valence-corrected chi connectivity index (χ1v) is 12.2. The minimum Gasteiger partial charge on any atom is -0.467 e. The second-order valence-electron chi connectivity index (χ2n) is 8.25. The highest BCUT2D eigenvalue weighted by Gasteiger charge is 2.33. The summed E-state index contributed by atoms with van der Waals surface area (Å²) in [6.45, 7) is 4.66. The maximum atomic E-state index is 13.5. The lowest BCUT2D eigenvalue weighted by Crippen LogP contribution is -2.27. The molecule has 4 aromatic rings. The van der Waals surface area contributed by atoms with Crippen molar-refractivity contribution in [1.29, 1.82) is 0 Å². The maximum absolute atomic E-state index is 13.5. The number of anilines is 1. The molecule has 1 aliphatic rings. The lowest BCUT2D eigenvalue weighted by Gasteiger charge is -2.13. The molecule has 7 nitrogen and oxygen atoms in total. The van der Waals surface area contributed by atoms with Crippen molar-refractivity contribution in [3.8, 4) is 0 Å². The van der Waals surface area contributed by atoms with Crippen LogP contribution in [0.25, 0.3) is 11.7 Å². The zero-order chi connectivity index (χ0) is 24.5. The Labute approximate surface area is 211 Å². The van der Waals surface area contributed by atoms with Gasteiger partial charge in [-0.1, -0.05) is 59.9 Å². The summed E-state index contributed by atoms with van der Waals surface area (Å²) in [6.07, 6.45) is 4.82. The number of thiocarbonyl (C=S) groups is 1. The monoisotopic (exact) mass is 502 g/mol. The van der Waals surface area contributed by atoms with Crippen molar-refractivity contribution >= 4 is 51.7 Å². The number of nitrogens with one attached hydrogen (secondary N) is 1. The highest BCUT2D eigenvalue weighted by molar-refractivity contribution is 8.26. The van der Waals surface area contributed by atoms with Crippen LogP contribution >= 0.6 is 24.0 Å². The van der Waals surface area contributed by atoms with Gasteiger partial charge in [0.25, 0.3) is 11.5 Å². The topological polar surface area (TPSA) is 79.9 Å². The molecule has 3 aromatic heterocycles. The minimum atomic E-state index is -0.269. The van der Waals surface area contributed by atoms with Gasteiger partial charge >= 0.3 is 0 Å². The minimum absolute atomic E-state index is 0.238. The van der Waals surface area contributed by atoms with Gasteiger partial charge in [0, 0.05) is 12.7 Å². The van der Waals surface area contributed by atoms with Crippen molar-refractivity contribution in [3.05, 3.63) is 104 Å². The Morgan fingerprint density at radius 2 is 1.91 bits per heavy atom. The molecule has 1 saturated heterocycles. The molecule has 176 valence electrons. The van der Waals surface area contributed by atoms with Gasteiger partial charge in [0.15, 0.2) is 0 Å². The number of hydrogen-bond donors (Lipinski definition) is 1. The largest absolute Gasteiger partial charge is 0.467 e. The van der Waals surface area contributed by atoms with Crippen LogP contribution in [0.1, 0.15) is 28.0 Å².